The largest absolute Gasteiger partial charge is 0.490 e. The molecule has 2 aliphatic rings. The standard InChI is InChI=1S/C16H18N2O2S/c1-6-19-14-5-2-11(8-15(14)20-7-1)16-18-13(10-21-16)9-17-12-3-4-12/h2,5,8,10,12,17H,1,3-4,6-7,9H2. The van der Waals surface area contributed by atoms with Crippen molar-refractivity contribution >= 4 is 11.3 Å². The zero-order valence-corrected chi connectivity index (χ0v) is 12.6. The van der Waals surface area contributed by atoms with Crippen LogP contribution in [0.15, 0.2) is 23.6 Å². The van der Waals surface area contributed by atoms with E-state index < -0.39 is 0 Å². The van der Waals surface area contributed by atoms with Gasteiger partial charge in [-0.1, -0.05) is 0 Å². The molecule has 4 rings (SSSR count). The SMILES string of the molecule is c1cc2c(cc1-c1nc(CNC3CC3)cs1)OCCCO2. The third kappa shape index (κ3) is 3.04. The fourth-order valence-corrected chi connectivity index (χ4v) is 3.17. The van der Waals surface area contributed by atoms with E-state index in [0.29, 0.717) is 12.6 Å². The van der Waals surface area contributed by atoms with Gasteiger partial charge in [0.25, 0.3) is 0 Å². The number of hydrogen-bond donors (Lipinski definition) is 1. The van der Waals surface area contributed by atoms with E-state index in [1.807, 2.05) is 12.1 Å². The molecular weight excluding hydrogens is 284 g/mol. The molecule has 1 aromatic heterocycles. The fraction of sp³-hybridized carbons (Fsp3) is 0.438. The molecular formula is C16H18N2O2S. The van der Waals surface area contributed by atoms with Crippen molar-refractivity contribution in [2.24, 2.45) is 0 Å². The minimum absolute atomic E-state index is 0.713. The van der Waals surface area contributed by atoms with Crippen molar-refractivity contribution < 1.29 is 9.47 Å². The van der Waals surface area contributed by atoms with E-state index in [9.17, 15) is 0 Å². The maximum Gasteiger partial charge on any atom is 0.161 e. The van der Waals surface area contributed by atoms with Gasteiger partial charge in [-0.05, 0) is 31.0 Å². The normalized spacial score (nSPS) is 17.5. The number of nitrogens with zero attached hydrogens (tertiary/aromatic N) is 1. The van der Waals surface area contributed by atoms with Crippen LogP contribution in [0.25, 0.3) is 10.6 Å². The molecule has 2 heterocycles. The van der Waals surface area contributed by atoms with Crippen LogP contribution in [-0.4, -0.2) is 24.2 Å². The summed E-state index contributed by atoms with van der Waals surface area (Å²) in [7, 11) is 0. The van der Waals surface area contributed by atoms with Crippen LogP contribution in [0.4, 0.5) is 0 Å². The number of thiazole rings is 1. The summed E-state index contributed by atoms with van der Waals surface area (Å²) in [6.45, 7) is 2.30. The number of hydrogen-bond acceptors (Lipinski definition) is 5. The molecule has 1 aliphatic heterocycles. The van der Waals surface area contributed by atoms with Gasteiger partial charge < -0.3 is 14.8 Å². The van der Waals surface area contributed by atoms with Gasteiger partial charge in [-0.3, -0.25) is 0 Å². The first-order valence-corrected chi connectivity index (χ1v) is 8.34. The van der Waals surface area contributed by atoms with Crippen LogP contribution in [0.1, 0.15) is 25.0 Å². The van der Waals surface area contributed by atoms with E-state index in [2.05, 4.69) is 16.8 Å². The molecule has 0 saturated heterocycles. The van der Waals surface area contributed by atoms with Gasteiger partial charge in [0.2, 0.25) is 0 Å². The number of benzene rings is 1. The third-order valence-corrected chi connectivity index (χ3v) is 4.64. The molecule has 21 heavy (non-hydrogen) atoms. The lowest BCUT2D eigenvalue weighted by Crippen LogP contribution is -2.15. The molecule has 0 spiro atoms. The van der Waals surface area contributed by atoms with Crippen molar-refractivity contribution in [3.8, 4) is 22.1 Å². The van der Waals surface area contributed by atoms with Crippen molar-refractivity contribution in [2.75, 3.05) is 13.2 Å². The molecule has 0 bridgehead atoms. The van der Waals surface area contributed by atoms with Gasteiger partial charge in [0.15, 0.2) is 11.5 Å². The lowest BCUT2D eigenvalue weighted by atomic mass is 10.2. The Kier molecular flexibility index (Phi) is 3.53. The van der Waals surface area contributed by atoms with Crippen LogP contribution in [-0.2, 0) is 6.54 Å². The van der Waals surface area contributed by atoms with E-state index in [1.165, 1.54) is 12.8 Å². The van der Waals surface area contributed by atoms with E-state index in [0.717, 1.165) is 47.3 Å². The first-order chi connectivity index (χ1) is 10.4. The van der Waals surface area contributed by atoms with Gasteiger partial charge in [-0.25, -0.2) is 4.98 Å². The monoisotopic (exact) mass is 302 g/mol. The van der Waals surface area contributed by atoms with Crippen molar-refractivity contribution in [1.82, 2.24) is 10.3 Å². The lowest BCUT2D eigenvalue weighted by molar-refractivity contribution is 0.297. The van der Waals surface area contributed by atoms with Crippen molar-refractivity contribution in [1.29, 1.82) is 0 Å². The number of rotatable bonds is 4. The summed E-state index contributed by atoms with van der Waals surface area (Å²) in [5, 5.41) is 6.67. The Labute approximate surface area is 128 Å². The summed E-state index contributed by atoms with van der Waals surface area (Å²) in [6.07, 6.45) is 3.54. The molecule has 1 N–H and O–H groups in total. The maximum atomic E-state index is 5.74. The van der Waals surface area contributed by atoms with Gasteiger partial charge in [0.1, 0.15) is 5.01 Å². The van der Waals surface area contributed by atoms with Crippen LogP contribution < -0.4 is 14.8 Å². The Morgan fingerprint density at radius 3 is 2.90 bits per heavy atom. The molecule has 0 amide bonds. The molecule has 0 unspecified atom stereocenters. The number of ether oxygens (including phenoxy) is 2. The number of aromatic nitrogens is 1. The highest BCUT2D eigenvalue weighted by molar-refractivity contribution is 7.13. The Balaban J connectivity index is 1.53. The predicted octanol–water partition coefficient (Wildman–Crippen LogP) is 3.22. The molecule has 0 atom stereocenters. The summed E-state index contributed by atoms with van der Waals surface area (Å²) in [6, 6.07) is 6.80. The molecule has 5 heteroatoms. The molecule has 110 valence electrons. The fourth-order valence-electron chi connectivity index (χ4n) is 2.35. The third-order valence-electron chi connectivity index (χ3n) is 3.70. The minimum atomic E-state index is 0.713. The van der Waals surface area contributed by atoms with Crippen LogP contribution in [0.2, 0.25) is 0 Å². The van der Waals surface area contributed by atoms with E-state index in [4.69, 9.17) is 14.5 Å². The van der Waals surface area contributed by atoms with Gasteiger partial charge >= 0.3 is 0 Å². The van der Waals surface area contributed by atoms with Crippen LogP contribution in [0.3, 0.4) is 0 Å². The van der Waals surface area contributed by atoms with Crippen LogP contribution >= 0.6 is 11.3 Å². The number of fused-ring (bicyclic) bond motifs is 1. The first-order valence-electron chi connectivity index (χ1n) is 7.46. The molecule has 1 saturated carbocycles. The van der Waals surface area contributed by atoms with Gasteiger partial charge in [-0.2, -0.15) is 0 Å². The maximum absolute atomic E-state index is 5.74. The van der Waals surface area contributed by atoms with Crippen molar-refractivity contribution in [3.05, 3.63) is 29.3 Å². The average Bonchev–Trinajstić information content (AvgIpc) is 3.27. The second kappa shape index (κ2) is 5.66. The van der Waals surface area contributed by atoms with Gasteiger partial charge in [0.05, 0.1) is 18.9 Å². The molecule has 4 nitrogen and oxygen atoms in total. The molecule has 1 aromatic carbocycles. The van der Waals surface area contributed by atoms with E-state index in [1.54, 1.807) is 11.3 Å². The summed E-state index contributed by atoms with van der Waals surface area (Å²) in [5.74, 6) is 1.67. The zero-order chi connectivity index (χ0) is 14.1. The second-order valence-corrected chi connectivity index (χ2v) is 6.37. The highest BCUT2D eigenvalue weighted by Gasteiger charge is 2.20. The van der Waals surface area contributed by atoms with Crippen LogP contribution in [0.5, 0.6) is 11.5 Å². The Morgan fingerprint density at radius 1 is 1.19 bits per heavy atom. The minimum Gasteiger partial charge on any atom is -0.490 e. The highest BCUT2D eigenvalue weighted by atomic mass is 32.1. The molecule has 0 radical (unpaired) electrons. The predicted molar refractivity (Wildman–Crippen MR) is 83.0 cm³/mol. The zero-order valence-electron chi connectivity index (χ0n) is 11.8. The van der Waals surface area contributed by atoms with Crippen molar-refractivity contribution in [3.63, 3.8) is 0 Å². The molecule has 1 fully saturated rings. The van der Waals surface area contributed by atoms with Crippen molar-refractivity contribution in [2.45, 2.75) is 31.8 Å². The Bertz CT molecular complexity index is 637. The lowest BCUT2D eigenvalue weighted by Gasteiger charge is -2.08. The summed E-state index contributed by atoms with van der Waals surface area (Å²) in [5.41, 5.74) is 2.22. The second-order valence-electron chi connectivity index (χ2n) is 5.51. The van der Waals surface area contributed by atoms with E-state index in [-0.39, 0.29) is 0 Å². The first kappa shape index (κ1) is 13.1. The molecule has 2 aromatic rings. The summed E-state index contributed by atoms with van der Waals surface area (Å²) in [4.78, 5) is 4.71. The molecule has 1 aliphatic carbocycles. The Morgan fingerprint density at radius 2 is 2.05 bits per heavy atom. The van der Waals surface area contributed by atoms with Gasteiger partial charge in [0, 0.05) is 30.0 Å². The highest BCUT2D eigenvalue weighted by Crippen LogP contribution is 2.35. The average molecular weight is 302 g/mol. The Hall–Kier alpha value is -1.59. The summed E-state index contributed by atoms with van der Waals surface area (Å²) >= 11 is 1.68. The van der Waals surface area contributed by atoms with Crippen LogP contribution in [0, 0.1) is 0 Å². The number of nitrogens with one attached hydrogen (secondary N) is 1. The summed E-state index contributed by atoms with van der Waals surface area (Å²) < 4.78 is 11.4. The topological polar surface area (TPSA) is 43.4 Å². The van der Waals surface area contributed by atoms with Gasteiger partial charge in [-0.15, -0.1) is 11.3 Å². The quantitative estimate of drug-likeness (QED) is 0.941. The van der Waals surface area contributed by atoms with E-state index >= 15 is 0 Å². The smallest absolute Gasteiger partial charge is 0.161 e.